The Balaban J connectivity index is 1.74. The highest BCUT2D eigenvalue weighted by molar-refractivity contribution is 5.99. The number of anilines is 1. The maximum atomic E-state index is 12.7. The molecule has 2 amide bonds. The lowest BCUT2D eigenvalue weighted by atomic mass is 10.0. The maximum Gasteiger partial charge on any atom is 0.251 e. The van der Waals surface area contributed by atoms with Gasteiger partial charge in [-0.1, -0.05) is 25.1 Å². The predicted octanol–water partition coefficient (Wildman–Crippen LogP) is 3.70. The lowest BCUT2D eigenvalue weighted by Crippen LogP contribution is -2.29. The molecule has 0 aliphatic carbocycles. The predicted molar refractivity (Wildman–Crippen MR) is 102 cm³/mol. The number of methoxy groups -OCH3 is 1. The van der Waals surface area contributed by atoms with Crippen molar-refractivity contribution < 1.29 is 14.3 Å². The second-order valence-corrected chi connectivity index (χ2v) is 6.41. The molecule has 0 unspecified atom stereocenters. The van der Waals surface area contributed by atoms with Crippen LogP contribution in [0.15, 0.2) is 48.5 Å². The first-order valence-corrected chi connectivity index (χ1v) is 8.97. The third-order valence-electron chi connectivity index (χ3n) is 4.73. The van der Waals surface area contributed by atoms with Crippen molar-refractivity contribution in [3.63, 3.8) is 0 Å². The molecule has 1 atom stereocenters. The molecule has 0 radical (unpaired) electrons. The van der Waals surface area contributed by atoms with Gasteiger partial charge in [-0.3, -0.25) is 9.59 Å². The third kappa shape index (κ3) is 3.87. The van der Waals surface area contributed by atoms with Gasteiger partial charge in [-0.05, 0) is 48.7 Å². The Labute approximate surface area is 154 Å². The number of hydrogen-bond donors (Lipinski definition) is 1. The van der Waals surface area contributed by atoms with E-state index in [0.717, 1.165) is 29.8 Å². The van der Waals surface area contributed by atoms with E-state index in [9.17, 15) is 9.59 Å². The zero-order valence-corrected chi connectivity index (χ0v) is 15.2. The van der Waals surface area contributed by atoms with Gasteiger partial charge in [0.25, 0.3) is 5.91 Å². The number of carbonyl (C=O) groups excluding carboxylic acids is 2. The molecule has 1 heterocycles. The molecule has 0 saturated carbocycles. The van der Waals surface area contributed by atoms with Crippen LogP contribution in [-0.4, -0.2) is 25.5 Å². The summed E-state index contributed by atoms with van der Waals surface area (Å²) in [5.41, 5.74) is 2.39. The first kappa shape index (κ1) is 18.0. The van der Waals surface area contributed by atoms with Crippen LogP contribution in [0.5, 0.6) is 5.75 Å². The van der Waals surface area contributed by atoms with Crippen molar-refractivity contribution >= 4 is 17.5 Å². The van der Waals surface area contributed by atoms with E-state index in [-0.39, 0.29) is 17.9 Å². The standard InChI is InChI=1S/C21H24N2O3/c1-3-19(15-9-11-18(26-2)12-10-15)22-21(25)16-6-4-7-17(14-16)23-13-5-8-20(23)24/h4,6-7,9-12,14,19H,3,5,8,13H2,1-2H3,(H,22,25)/t19-/m0/s1. The Morgan fingerprint density at radius 3 is 2.62 bits per heavy atom. The number of nitrogens with zero attached hydrogens (tertiary/aromatic N) is 1. The second kappa shape index (κ2) is 8.04. The zero-order chi connectivity index (χ0) is 18.5. The van der Waals surface area contributed by atoms with Gasteiger partial charge in [0.2, 0.25) is 5.91 Å². The molecule has 3 rings (SSSR count). The summed E-state index contributed by atoms with van der Waals surface area (Å²) in [4.78, 5) is 26.4. The van der Waals surface area contributed by atoms with Crippen LogP contribution in [-0.2, 0) is 4.79 Å². The molecular weight excluding hydrogens is 328 g/mol. The second-order valence-electron chi connectivity index (χ2n) is 6.41. The van der Waals surface area contributed by atoms with E-state index in [0.29, 0.717) is 18.5 Å². The van der Waals surface area contributed by atoms with Gasteiger partial charge in [0, 0.05) is 24.2 Å². The lowest BCUT2D eigenvalue weighted by Gasteiger charge is -2.19. The molecule has 5 nitrogen and oxygen atoms in total. The first-order valence-electron chi connectivity index (χ1n) is 8.97. The summed E-state index contributed by atoms with van der Waals surface area (Å²) in [6, 6.07) is 14.9. The molecule has 136 valence electrons. The smallest absolute Gasteiger partial charge is 0.251 e. The van der Waals surface area contributed by atoms with E-state index in [4.69, 9.17) is 4.74 Å². The molecule has 0 aromatic heterocycles. The fourth-order valence-electron chi connectivity index (χ4n) is 3.24. The monoisotopic (exact) mass is 352 g/mol. The minimum atomic E-state index is -0.138. The summed E-state index contributed by atoms with van der Waals surface area (Å²) in [5, 5.41) is 3.08. The van der Waals surface area contributed by atoms with E-state index in [1.807, 2.05) is 43.3 Å². The van der Waals surface area contributed by atoms with Crippen molar-refractivity contribution in [2.45, 2.75) is 32.2 Å². The molecule has 2 aromatic carbocycles. The minimum Gasteiger partial charge on any atom is -0.497 e. The fraction of sp³-hybridized carbons (Fsp3) is 0.333. The van der Waals surface area contributed by atoms with Crippen LogP contribution in [0, 0.1) is 0 Å². The average molecular weight is 352 g/mol. The highest BCUT2D eigenvalue weighted by Crippen LogP contribution is 2.24. The van der Waals surface area contributed by atoms with E-state index in [1.54, 1.807) is 24.1 Å². The first-order chi connectivity index (χ1) is 12.6. The highest BCUT2D eigenvalue weighted by atomic mass is 16.5. The Bertz CT molecular complexity index is 786. The minimum absolute atomic E-state index is 0.0783. The van der Waals surface area contributed by atoms with E-state index in [2.05, 4.69) is 5.32 Å². The van der Waals surface area contributed by atoms with Crippen LogP contribution in [0.4, 0.5) is 5.69 Å². The zero-order valence-electron chi connectivity index (χ0n) is 15.2. The van der Waals surface area contributed by atoms with Crippen molar-refractivity contribution in [3.8, 4) is 5.75 Å². The molecule has 1 N–H and O–H groups in total. The van der Waals surface area contributed by atoms with Crippen LogP contribution in [0.25, 0.3) is 0 Å². The molecule has 0 spiro atoms. The Morgan fingerprint density at radius 2 is 2.00 bits per heavy atom. The summed E-state index contributed by atoms with van der Waals surface area (Å²) in [6.45, 7) is 2.75. The van der Waals surface area contributed by atoms with Gasteiger partial charge in [-0.25, -0.2) is 0 Å². The number of ether oxygens (including phenoxy) is 1. The molecule has 5 heteroatoms. The molecule has 0 bridgehead atoms. The van der Waals surface area contributed by atoms with Crippen molar-refractivity contribution in [3.05, 3.63) is 59.7 Å². The highest BCUT2D eigenvalue weighted by Gasteiger charge is 2.22. The number of hydrogen-bond acceptors (Lipinski definition) is 3. The number of rotatable bonds is 6. The molecule has 1 aliphatic heterocycles. The quantitative estimate of drug-likeness (QED) is 0.862. The summed E-state index contributed by atoms with van der Waals surface area (Å²) in [6.07, 6.45) is 2.22. The molecule has 1 fully saturated rings. The maximum absolute atomic E-state index is 12.7. The van der Waals surface area contributed by atoms with E-state index >= 15 is 0 Å². The average Bonchev–Trinajstić information content (AvgIpc) is 3.12. The number of carbonyl (C=O) groups is 2. The van der Waals surface area contributed by atoms with Gasteiger partial charge in [0.05, 0.1) is 13.2 Å². The van der Waals surface area contributed by atoms with Gasteiger partial charge in [0.1, 0.15) is 5.75 Å². The Hall–Kier alpha value is -2.82. The van der Waals surface area contributed by atoms with Gasteiger partial charge >= 0.3 is 0 Å². The van der Waals surface area contributed by atoms with Crippen LogP contribution in [0.1, 0.15) is 48.1 Å². The number of amides is 2. The van der Waals surface area contributed by atoms with Crippen LogP contribution < -0.4 is 15.0 Å². The van der Waals surface area contributed by atoms with Crippen molar-refractivity contribution in [1.29, 1.82) is 0 Å². The molecule has 1 aliphatic rings. The summed E-state index contributed by atoms with van der Waals surface area (Å²) >= 11 is 0. The van der Waals surface area contributed by atoms with Crippen molar-refractivity contribution in [2.75, 3.05) is 18.6 Å². The molecule has 26 heavy (non-hydrogen) atoms. The van der Waals surface area contributed by atoms with Crippen molar-refractivity contribution in [1.82, 2.24) is 5.32 Å². The normalized spacial score (nSPS) is 15.0. The molecular formula is C21H24N2O3. The SMILES string of the molecule is CC[C@H](NC(=O)c1cccc(N2CCCC2=O)c1)c1ccc(OC)cc1. The van der Waals surface area contributed by atoms with Crippen LogP contribution in [0.3, 0.4) is 0 Å². The van der Waals surface area contributed by atoms with Crippen LogP contribution in [0.2, 0.25) is 0 Å². The Kier molecular flexibility index (Phi) is 5.56. The Morgan fingerprint density at radius 1 is 1.23 bits per heavy atom. The number of benzene rings is 2. The topological polar surface area (TPSA) is 58.6 Å². The molecule has 2 aromatic rings. The van der Waals surface area contributed by atoms with Gasteiger partial charge in [-0.2, -0.15) is 0 Å². The van der Waals surface area contributed by atoms with Gasteiger partial charge < -0.3 is 15.0 Å². The summed E-state index contributed by atoms with van der Waals surface area (Å²) in [5.74, 6) is 0.770. The fourth-order valence-corrected chi connectivity index (χ4v) is 3.24. The van der Waals surface area contributed by atoms with Crippen LogP contribution >= 0.6 is 0 Å². The van der Waals surface area contributed by atoms with E-state index < -0.39 is 0 Å². The largest absolute Gasteiger partial charge is 0.497 e. The summed E-state index contributed by atoms with van der Waals surface area (Å²) in [7, 11) is 1.63. The van der Waals surface area contributed by atoms with Crippen molar-refractivity contribution in [2.24, 2.45) is 0 Å². The van der Waals surface area contributed by atoms with Gasteiger partial charge in [0.15, 0.2) is 0 Å². The third-order valence-corrected chi connectivity index (χ3v) is 4.73. The van der Waals surface area contributed by atoms with Gasteiger partial charge in [-0.15, -0.1) is 0 Å². The lowest BCUT2D eigenvalue weighted by molar-refractivity contribution is -0.117. The van der Waals surface area contributed by atoms with E-state index in [1.165, 1.54) is 0 Å². The molecule has 1 saturated heterocycles. The summed E-state index contributed by atoms with van der Waals surface area (Å²) < 4.78 is 5.18. The number of nitrogens with one attached hydrogen (secondary N) is 1.